The first-order chi connectivity index (χ1) is 12.7. The summed E-state index contributed by atoms with van der Waals surface area (Å²) in [6.45, 7) is 4.11. The predicted molar refractivity (Wildman–Crippen MR) is 100 cm³/mol. The molecule has 2 atom stereocenters. The van der Waals surface area contributed by atoms with Crippen LogP contribution in [0.25, 0.3) is 5.69 Å². The molecule has 2 aliphatic rings. The fourth-order valence-electron chi connectivity index (χ4n) is 4.21. The number of rotatable bonds is 4. The van der Waals surface area contributed by atoms with Crippen LogP contribution in [0.4, 0.5) is 5.95 Å². The summed E-state index contributed by atoms with van der Waals surface area (Å²) in [6.07, 6.45) is 6.43. The second-order valence-electron chi connectivity index (χ2n) is 7.62. The fraction of sp³-hybridized carbons (Fsp3) is 0.632. The Kier molecular flexibility index (Phi) is 5.17. The third kappa shape index (κ3) is 3.73. The minimum absolute atomic E-state index is 0.151. The van der Waals surface area contributed by atoms with Crippen molar-refractivity contribution in [3.05, 3.63) is 29.8 Å². The highest BCUT2D eigenvalue weighted by molar-refractivity contribution is 5.40. The first-order valence-corrected chi connectivity index (χ1v) is 9.75. The van der Waals surface area contributed by atoms with Gasteiger partial charge in [0.15, 0.2) is 0 Å². The number of benzene rings is 1. The van der Waals surface area contributed by atoms with E-state index < -0.39 is 0 Å². The van der Waals surface area contributed by atoms with Crippen molar-refractivity contribution in [1.82, 2.24) is 25.1 Å². The molecular formula is C19H28N6O. The quantitative estimate of drug-likeness (QED) is 0.874. The molecule has 0 radical (unpaired) electrons. The van der Waals surface area contributed by atoms with E-state index in [9.17, 15) is 5.11 Å². The summed E-state index contributed by atoms with van der Waals surface area (Å²) in [4.78, 5) is 2.48. The van der Waals surface area contributed by atoms with Crippen molar-refractivity contribution in [2.24, 2.45) is 0 Å². The lowest BCUT2D eigenvalue weighted by Crippen LogP contribution is -2.50. The zero-order valence-corrected chi connectivity index (χ0v) is 15.4. The molecule has 7 nitrogen and oxygen atoms in total. The van der Waals surface area contributed by atoms with Gasteiger partial charge < -0.3 is 10.4 Å². The smallest absolute Gasteiger partial charge is 0.247 e. The molecule has 140 valence electrons. The van der Waals surface area contributed by atoms with E-state index in [-0.39, 0.29) is 6.10 Å². The van der Waals surface area contributed by atoms with Crippen LogP contribution in [-0.2, 0) is 0 Å². The molecule has 2 unspecified atom stereocenters. The molecule has 4 rings (SSSR count). The molecule has 0 spiro atoms. The zero-order chi connectivity index (χ0) is 17.9. The Bertz CT molecular complexity index is 707. The van der Waals surface area contributed by atoms with E-state index in [2.05, 4.69) is 44.8 Å². The number of aryl methyl sites for hydroxylation is 1. The van der Waals surface area contributed by atoms with Gasteiger partial charge in [-0.15, -0.1) is 0 Å². The van der Waals surface area contributed by atoms with Gasteiger partial charge in [-0.2, -0.15) is 4.68 Å². The fourth-order valence-corrected chi connectivity index (χ4v) is 4.21. The highest BCUT2D eigenvalue weighted by atomic mass is 16.3. The first kappa shape index (κ1) is 17.4. The molecule has 2 fully saturated rings. The molecule has 1 aromatic carbocycles. The number of aliphatic hydroxyl groups excluding tert-OH is 1. The summed E-state index contributed by atoms with van der Waals surface area (Å²) >= 11 is 0. The molecule has 26 heavy (non-hydrogen) atoms. The van der Waals surface area contributed by atoms with Gasteiger partial charge in [-0.25, -0.2) is 0 Å². The lowest BCUT2D eigenvalue weighted by molar-refractivity contribution is 0.00990. The van der Waals surface area contributed by atoms with Crippen LogP contribution in [0.1, 0.15) is 44.1 Å². The van der Waals surface area contributed by atoms with Crippen molar-refractivity contribution in [2.45, 2.75) is 63.6 Å². The number of tetrazole rings is 1. The minimum Gasteiger partial charge on any atom is -0.391 e. The van der Waals surface area contributed by atoms with E-state index in [1.165, 1.54) is 12.0 Å². The van der Waals surface area contributed by atoms with E-state index in [1.807, 2.05) is 12.1 Å². The standard InChI is InChI=1S/C19H28N6O/c1-14-6-8-16(9-7-14)25-19(21-22-23-25)20-15-10-12-24(13-11-15)17-4-2-3-5-18(17)26/h6-9,15,17-18,26H,2-5,10-13H2,1H3,(H,20,21,23). The monoisotopic (exact) mass is 356 g/mol. The van der Waals surface area contributed by atoms with Crippen molar-refractivity contribution < 1.29 is 5.11 Å². The van der Waals surface area contributed by atoms with Crippen LogP contribution in [0.3, 0.4) is 0 Å². The van der Waals surface area contributed by atoms with Crippen LogP contribution in [0.5, 0.6) is 0 Å². The molecule has 1 saturated heterocycles. The van der Waals surface area contributed by atoms with Crippen molar-refractivity contribution in [3.8, 4) is 5.69 Å². The highest BCUT2D eigenvalue weighted by Crippen LogP contribution is 2.26. The molecule has 7 heteroatoms. The molecule has 1 saturated carbocycles. The average Bonchev–Trinajstić information content (AvgIpc) is 3.12. The van der Waals surface area contributed by atoms with Gasteiger partial charge in [0.25, 0.3) is 0 Å². The summed E-state index contributed by atoms with van der Waals surface area (Å²) in [5.41, 5.74) is 2.18. The van der Waals surface area contributed by atoms with Crippen LogP contribution < -0.4 is 5.32 Å². The Balaban J connectivity index is 1.36. The van der Waals surface area contributed by atoms with E-state index in [4.69, 9.17) is 0 Å². The van der Waals surface area contributed by atoms with Crippen molar-refractivity contribution in [1.29, 1.82) is 0 Å². The highest BCUT2D eigenvalue weighted by Gasteiger charge is 2.31. The van der Waals surface area contributed by atoms with Gasteiger partial charge in [-0.1, -0.05) is 35.6 Å². The van der Waals surface area contributed by atoms with Crippen LogP contribution in [0, 0.1) is 6.92 Å². The predicted octanol–water partition coefficient (Wildman–Crippen LogP) is 2.15. The number of piperidine rings is 1. The maximum Gasteiger partial charge on any atom is 0.247 e. The minimum atomic E-state index is -0.151. The van der Waals surface area contributed by atoms with E-state index in [0.29, 0.717) is 18.0 Å². The van der Waals surface area contributed by atoms with E-state index in [1.54, 1.807) is 4.68 Å². The Morgan fingerprint density at radius 2 is 1.77 bits per heavy atom. The normalized spacial score (nSPS) is 25.3. The number of likely N-dealkylation sites (tertiary alicyclic amines) is 1. The van der Waals surface area contributed by atoms with Gasteiger partial charge in [0.1, 0.15) is 0 Å². The van der Waals surface area contributed by atoms with Crippen LogP contribution in [0.2, 0.25) is 0 Å². The van der Waals surface area contributed by atoms with Gasteiger partial charge in [0.2, 0.25) is 5.95 Å². The summed E-state index contributed by atoms with van der Waals surface area (Å²) in [6, 6.07) is 8.90. The van der Waals surface area contributed by atoms with Crippen molar-refractivity contribution >= 4 is 5.95 Å². The Hall–Kier alpha value is -1.99. The van der Waals surface area contributed by atoms with Gasteiger partial charge in [0, 0.05) is 25.2 Å². The van der Waals surface area contributed by atoms with Crippen LogP contribution in [0.15, 0.2) is 24.3 Å². The summed E-state index contributed by atoms with van der Waals surface area (Å²) < 4.78 is 1.76. The SMILES string of the molecule is Cc1ccc(-n2nnnc2NC2CCN(C3CCCCC3O)CC2)cc1. The Morgan fingerprint density at radius 1 is 1.04 bits per heavy atom. The molecule has 1 aliphatic heterocycles. The number of hydrogen-bond donors (Lipinski definition) is 2. The molecule has 0 bridgehead atoms. The Labute approximate surface area is 154 Å². The Morgan fingerprint density at radius 3 is 2.50 bits per heavy atom. The summed E-state index contributed by atoms with van der Waals surface area (Å²) in [7, 11) is 0. The number of nitrogens with one attached hydrogen (secondary N) is 1. The second kappa shape index (κ2) is 7.72. The number of aliphatic hydroxyl groups is 1. The topological polar surface area (TPSA) is 79.1 Å². The lowest BCUT2D eigenvalue weighted by Gasteiger charge is -2.41. The number of nitrogens with zero attached hydrogens (tertiary/aromatic N) is 5. The number of hydrogen-bond acceptors (Lipinski definition) is 6. The van der Waals surface area contributed by atoms with Crippen LogP contribution in [-0.4, -0.2) is 61.5 Å². The van der Waals surface area contributed by atoms with Gasteiger partial charge >= 0.3 is 0 Å². The maximum atomic E-state index is 10.3. The van der Waals surface area contributed by atoms with Crippen LogP contribution >= 0.6 is 0 Å². The number of anilines is 1. The first-order valence-electron chi connectivity index (χ1n) is 9.75. The van der Waals surface area contributed by atoms with Gasteiger partial charge in [-0.3, -0.25) is 4.90 Å². The van der Waals surface area contributed by atoms with E-state index in [0.717, 1.165) is 50.9 Å². The molecule has 2 aromatic rings. The molecular weight excluding hydrogens is 328 g/mol. The summed E-state index contributed by atoms with van der Waals surface area (Å²) in [5.74, 6) is 0.699. The maximum absolute atomic E-state index is 10.3. The van der Waals surface area contributed by atoms with Gasteiger partial charge in [-0.05, 0) is 55.2 Å². The molecule has 1 aromatic heterocycles. The lowest BCUT2D eigenvalue weighted by atomic mass is 9.89. The van der Waals surface area contributed by atoms with Gasteiger partial charge in [0.05, 0.1) is 11.8 Å². The summed E-state index contributed by atoms with van der Waals surface area (Å²) in [5, 5.41) is 25.9. The third-order valence-corrected chi connectivity index (χ3v) is 5.77. The molecule has 2 N–H and O–H groups in total. The third-order valence-electron chi connectivity index (χ3n) is 5.77. The van der Waals surface area contributed by atoms with Crippen molar-refractivity contribution in [2.75, 3.05) is 18.4 Å². The molecule has 0 amide bonds. The zero-order valence-electron chi connectivity index (χ0n) is 15.4. The number of aromatic nitrogens is 4. The average molecular weight is 356 g/mol. The largest absolute Gasteiger partial charge is 0.391 e. The van der Waals surface area contributed by atoms with Crippen molar-refractivity contribution in [3.63, 3.8) is 0 Å². The second-order valence-corrected chi connectivity index (χ2v) is 7.62. The van der Waals surface area contributed by atoms with E-state index >= 15 is 0 Å². The molecule has 2 heterocycles. The molecule has 1 aliphatic carbocycles.